The van der Waals surface area contributed by atoms with E-state index in [1.54, 1.807) is 29.5 Å². The van der Waals surface area contributed by atoms with E-state index in [0.717, 1.165) is 29.5 Å². The number of nitrogens with one attached hydrogen (secondary N) is 1. The van der Waals surface area contributed by atoms with Gasteiger partial charge in [0.25, 0.3) is 0 Å². The molecule has 0 unspecified atom stereocenters. The van der Waals surface area contributed by atoms with Crippen LogP contribution in [0.2, 0.25) is 10.0 Å². The molecule has 0 radical (unpaired) electrons. The zero-order chi connectivity index (χ0) is 21.0. The van der Waals surface area contributed by atoms with Crippen LogP contribution in [0.25, 0.3) is 11.4 Å². The van der Waals surface area contributed by atoms with Gasteiger partial charge in [-0.2, -0.15) is 0 Å². The van der Waals surface area contributed by atoms with Crippen LogP contribution in [0.5, 0.6) is 0 Å². The first kappa shape index (κ1) is 22.2. The Morgan fingerprint density at radius 1 is 1.28 bits per heavy atom. The smallest absolute Gasteiger partial charge is 0.234 e. The topological polar surface area (TPSA) is 59.8 Å². The number of thioether (sulfide) groups is 1. The van der Waals surface area contributed by atoms with E-state index < -0.39 is 0 Å². The summed E-state index contributed by atoms with van der Waals surface area (Å²) in [6.45, 7) is 7.26. The van der Waals surface area contributed by atoms with Crippen LogP contribution in [0.4, 0.5) is 5.69 Å². The summed E-state index contributed by atoms with van der Waals surface area (Å²) in [5.41, 5.74) is 1.57. The molecule has 0 fully saturated rings. The summed E-state index contributed by atoms with van der Waals surface area (Å²) in [6, 6.07) is 7.14. The molecule has 9 heteroatoms. The Balaban J connectivity index is 1.72. The van der Waals surface area contributed by atoms with Crippen molar-refractivity contribution in [3.05, 3.63) is 44.6 Å². The van der Waals surface area contributed by atoms with Crippen molar-refractivity contribution in [2.45, 2.75) is 44.8 Å². The van der Waals surface area contributed by atoms with Gasteiger partial charge in [0.05, 0.1) is 16.5 Å². The van der Waals surface area contributed by atoms with Crippen molar-refractivity contribution in [3.63, 3.8) is 0 Å². The van der Waals surface area contributed by atoms with Crippen molar-refractivity contribution in [2.24, 2.45) is 0 Å². The number of aromatic nitrogens is 3. The highest BCUT2D eigenvalue weighted by Gasteiger charge is 2.17. The van der Waals surface area contributed by atoms with Crippen molar-refractivity contribution < 1.29 is 4.79 Å². The second-order valence-corrected chi connectivity index (χ2v) is 9.54. The molecule has 0 aliphatic carbocycles. The van der Waals surface area contributed by atoms with Crippen LogP contribution in [0.15, 0.2) is 34.8 Å². The van der Waals surface area contributed by atoms with E-state index in [4.69, 9.17) is 23.2 Å². The van der Waals surface area contributed by atoms with Gasteiger partial charge in [-0.15, -0.1) is 21.5 Å². The zero-order valence-corrected chi connectivity index (χ0v) is 19.6. The summed E-state index contributed by atoms with van der Waals surface area (Å²) in [5.74, 6) is 1.35. The van der Waals surface area contributed by atoms with Crippen molar-refractivity contribution in [2.75, 3.05) is 11.1 Å². The molecule has 3 aromatic rings. The Kier molecular flexibility index (Phi) is 7.62. The first-order valence-electron chi connectivity index (χ1n) is 9.28. The predicted molar refractivity (Wildman–Crippen MR) is 124 cm³/mol. The molecule has 5 nitrogen and oxygen atoms in total. The zero-order valence-electron chi connectivity index (χ0n) is 16.4. The van der Waals surface area contributed by atoms with Crippen molar-refractivity contribution >= 4 is 57.9 Å². The Morgan fingerprint density at radius 2 is 2.07 bits per heavy atom. The lowest BCUT2D eigenvalue weighted by atomic mass is 10.1. The highest BCUT2D eigenvalue weighted by molar-refractivity contribution is 7.99. The average Bonchev–Trinajstić information content (AvgIpc) is 3.30. The molecule has 2 aromatic heterocycles. The summed E-state index contributed by atoms with van der Waals surface area (Å²) in [4.78, 5) is 13.7. The Bertz CT molecular complexity index is 1000. The third-order valence-corrected chi connectivity index (χ3v) is 6.91. The van der Waals surface area contributed by atoms with Crippen LogP contribution >= 0.6 is 46.3 Å². The number of benzene rings is 1. The quantitative estimate of drug-likeness (QED) is 0.379. The molecule has 0 aliphatic heterocycles. The number of rotatable bonds is 8. The molecule has 2 heterocycles. The van der Waals surface area contributed by atoms with Crippen LogP contribution in [0.3, 0.4) is 0 Å². The number of thiophene rings is 1. The summed E-state index contributed by atoms with van der Waals surface area (Å²) < 4.78 is 2.08. The van der Waals surface area contributed by atoms with Crippen LogP contribution in [-0.2, 0) is 11.3 Å². The number of hydrogen-bond donors (Lipinski definition) is 1. The molecule has 0 saturated carbocycles. The molecule has 1 N–H and O–H groups in total. The Labute approximate surface area is 188 Å². The largest absolute Gasteiger partial charge is 0.324 e. The molecule has 1 aromatic carbocycles. The van der Waals surface area contributed by atoms with Gasteiger partial charge in [-0.25, -0.2) is 0 Å². The fourth-order valence-electron chi connectivity index (χ4n) is 2.72. The monoisotopic (exact) mass is 468 g/mol. The van der Waals surface area contributed by atoms with E-state index in [2.05, 4.69) is 52.3 Å². The number of anilines is 1. The molecule has 154 valence electrons. The molecule has 29 heavy (non-hydrogen) atoms. The Hall–Kier alpha value is -1.54. The molecule has 0 saturated heterocycles. The predicted octanol–water partition coefficient (Wildman–Crippen LogP) is 6.58. The van der Waals surface area contributed by atoms with Crippen LogP contribution in [0.1, 0.15) is 38.0 Å². The normalized spacial score (nSPS) is 11.2. The van der Waals surface area contributed by atoms with Gasteiger partial charge in [0.15, 0.2) is 11.0 Å². The minimum atomic E-state index is -0.176. The molecule has 0 aliphatic rings. The molecule has 1 amide bonds. The summed E-state index contributed by atoms with van der Waals surface area (Å²) in [7, 11) is 0. The lowest BCUT2D eigenvalue weighted by Gasteiger charge is -2.09. The summed E-state index contributed by atoms with van der Waals surface area (Å²) in [5, 5.41) is 15.3. The number of carbonyl (C=O) groups excluding carboxylic acids is 1. The van der Waals surface area contributed by atoms with Crippen LogP contribution in [0, 0.1) is 0 Å². The lowest BCUT2D eigenvalue weighted by molar-refractivity contribution is -0.113. The number of hydrogen-bond acceptors (Lipinski definition) is 5. The molecular formula is C20H22Cl2N4OS2. The van der Waals surface area contributed by atoms with Crippen molar-refractivity contribution in [1.82, 2.24) is 14.8 Å². The van der Waals surface area contributed by atoms with Gasteiger partial charge in [-0.3, -0.25) is 4.79 Å². The van der Waals surface area contributed by atoms with Crippen LogP contribution in [-0.4, -0.2) is 26.4 Å². The van der Waals surface area contributed by atoms with E-state index in [-0.39, 0.29) is 11.7 Å². The molecular weight excluding hydrogens is 447 g/mol. The minimum absolute atomic E-state index is 0.176. The summed E-state index contributed by atoms with van der Waals surface area (Å²) in [6.07, 6.45) is 0.949. The van der Waals surface area contributed by atoms with Gasteiger partial charge in [-0.1, -0.05) is 55.7 Å². The maximum atomic E-state index is 12.4. The van der Waals surface area contributed by atoms with E-state index in [1.807, 2.05) is 0 Å². The van der Waals surface area contributed by atoms with Gasteiger partial charge in [-0.05, 0) is 36.6 Å². The van der Waals surface area contributed by atoms with Gasteiger partial charge in [0.1, 0.15) is 0 Å². The number of halogens is 2. The van der Waals surface area contributed by atoms with Gasteiger partial charge in [0, 0.05) is 27.4 Å². The summed E-state index contributed by atoms with van der Waals surface area (Å²) >= 11 is 15.2. The van der Waals surface area contributed by atoms with Gasteiger partial charge < -0.3 is 9.88 Å². The van der Waals surface area contributed by atoms with Crippen LogP contribution < -0.4 is 5.32 Å². The third-order valence-electron chi connectivity index (χ3n) is 4.15. The van der Waals surface area contributed by atoms with Gasteiger partial charge in [0.2, 0.25) is 5.91 Å². The number of amides is 1. The maximum Gasteiger partial charge on any atom is 0.234 e. The van der Waals surface area contributed by atoms with E-state index in [1.165, 1.54) is 16.6 Å². The second kappa shape index (κ2) is 9.98. The fraction of sp³-hybridized carbons (Fsp3) is 0.350. The third kappa shape index (κ3) is 5.54. The minimum Gasteiger partial charge on any atom is -0.324 e. The van der Waals surface area contributed by atoms with Crippen molar-refractivity contribution in [1.29, 1.82) is 0 Å². The second-order valence-electron chi connectivity index (χ2n) is 6.81. The SMILES string of the molecule is CCCn1c(SCC(=O)Nc2cc(Cl)ccc2Cl)nnc1-c1csc(C(C)C)c1. The first-order chi connectivity index (χ1) is 13.9. The molecule has 3 rings (SSSR count). The van der Waals surface area contributed by atoms with E-state index >= 15 is 0 Å². The standard InChI is InChI=1S/C20H22Cl2N4OS2/c1-4-7-26-19(13-8-17(12(2)3)28-10-13)24-25-20(26)29-11-18(27)23-16-9-14(21)5-6-15(16)22/h5-6,8-10,12H,4,7,11H2,1-3H3,(H,23,27). The lowest BCUT2D eigenvalue weighted by Crippen LogP contribution is -2.15. The molecule has 0 bridgehead atoms. The molecule has 0 atom stereocenters. The Morgan fingerprint density at radius 3 is 2.76 bits per heavy atom. The maximum absolute atomic E-state index is 12.4. The number of carbonyl (C=O) groups is 1. The van der Waals surface area contributed by atoms with Crippen molar-refractivity contribution in [3.8, 4) is 11.4 Å². The molecule has 0 spiro atoms. The highest BCUT2D eigenvalue weighted by Crippen LogP contribution is 2.31. The fourth-order valence-corrected chi connectivity index (χ4v) is 4.72. The first-order valence-corrected chi connectivity index (χ1v) is 11.9. The van der Waals surface area contributed by atoms with E-state index in [9.17, 15) is 4.79 Å². The van der Waals surface area contributed by atoms with Gasteiger partial charge >= 0.3 is 0 Å². The number of nitrogens with zero attached hydrogens (tertiary/aromatic N) is 3. The average molecular weight is 469 g/mol. The van der Waals surface area contributed by atoms with E-state index in [0.29, 0.717) is 21.7 Å². The highest BCUT2D eigenvalue weighted by atomic mass is 35.5.